The van der Waals surface area contributed by atoms with Crippen LogP contribution in [0.3, 0.4) is 0 Å². The molecule has 1 atom stereocenters. The lowest BCUT2D eigenvalue weighted by Gasteiger charge is -2.31. The number of esters is 1. The van der Waals surface area contributed by atoms with E-state index < -0.39 is 17.7 Å². The van der Waals surface area contributed by atoms with Gasteiger partial charge in [-0.25, -0.2) is 14.6 Å². The first-order valence-electron chi connectivity index (χ1n) is 30.1. The SMILES string of the molecule is CCc1c2c(nc3ccc(OC(=O)N(CCCCOc4cc(CN(Cc5ccccn5)Cc5ccccn5)cc(CN(Cc5ccccn5)Cc5ccccn5)c4)Cc4ccc(-c5ccccc5)cc4)cc13)-c1cc3c(c(=O)n1C2)COC(=O)[C@@]3(O)CC. The van der Waals surface area contributed by atoms with E-state index in [4.69, 9.17) is 19.2 Å². The van der Waals surface area contributed by atoms with Gasteiger partial charge in [-0.05, 0) is 144 Å². The lowest BCUT2D eigenvalue weighted by molar-refractivity contribution is -0.172. The van der Waals surface area contributed by atoms with Crippen LogP contribution >= 0.6 is 0 Å². The number of amides is 1. The van der Waals surface area contributed by atoms with E-state index in [0.717, 1.165) is 72.9 Å². The summed E-state index contributed by atoms with van der Waals surface area (Å²) in [7, 11) is 0. The minimum absolute atomic E-state index is 0.0517. The fourth-order valence-corrected chi connectivity index (χ4v) is 12.0. The summed E-state index contributed by atoms with van der Waals surface area (Å²) in [5.41, 5.74) is 11.1. The molecule has 6 aromatic heterocycles. The Morgan fingerprint density at radius 1 is 0.602 bits per heavy atom. The van der Waals surface area contributed by atoms with Gasteiger partial charge in [0.25, 0.3) is 5.56 Å². The van der Waals surface area contributed by atoms with Crippen molar-refractivity contribution in [3.63, 3.8) is 0 Å². The Morgan fingerprint density at radius 2 is 1.18 bits per heavy atom. The van der Waals surface area contributed by atoms with Gasteiger partial charge in [0, 0.05) is 93.7 Å². The first-order chi connectivity index (χ1) is 43.1. The zero-order valence-electron chi connectivity index (χ0n) is 49.5. The van der Waals surface area contributed by atoms with Crippen molar-refractivity contribution in [3.8, 4) is 34.0 Å². The molecule has 0 fully saturated rings. The molecule has 0 spiro atoms. The van der Waals surface area contributed by atoms with Crippen LogP contribution in [0, 0.1) is 0 Å². The number of ether oxygens (including phenoxy) is 3. The minimum atomic E-state index is -1.93. The first-order valence-corrected chi connectivity index (χ1v) is 30.1. The van der Waals surface area contributed by atoms with Crippen molar-refractivity contribution in [1.82, 2.24) is 44.2 Å². The summed E-state index contributed by atoms with van der Waals surface area (Å²) >= 11 is 0. The van der Waals surface area contributed by atoms with E-state index in [1.807, 2.05) is 111 Å². The third kappa shape index (κ3) is 13.4. The third-order valence-electron chi connectivity index (χ3n) is 16.4. The zero-order chi connectivity index (χ0) is 60.4. The standard InChI is InChI=1S/C72H69N9O7/c1-3-61-62-39-59(28-29-66(62)77-68-63(61)48-81-67(68)40-65-64(69(81)82)49-87-70(83)72(65,85)4-2)88-71(84)80(43-50-24-26-54(27-25-50)53-18-6-5-7-19-53)34-16-17-35-86-60-37-51(41-78(44-55-20-8-12-30-73-55)45-56-21-9-13-31-74-56)36-52(38-60)42-79(46-57-22-10-14-32-75-57)47-58-23-11-15-33-76-58/h5-15,18-33,36-40,85H,3-4,16-17,34-35,41-49H2,1-2H3/t72-/m1/s1. The van der Waals surface area contributed by atoms with E-state index >= 15 is 0 Å². The molecule has 444 valence electrons. The Kier molecular flexibility index (Phi) is 17.9. The third-order valence-corrected chi connectivity index (χ3v) is 16.4. The van der Waals surface area contributed by atoms with Gasteiger partial charge in [-0.1, -0.05) is 98.8 Å². The van der Waals surface area contributed by atoms with Crippen molar-refractivity contribution >= 4 is 23.0 Å². The smallest absolute Gasteiger partial charge is 0.415 e. The highest BCUT2D eigenvalue weighted by atomic mass is 16.6. The van der Waals surface area contributed by atoms with Crippen molar-refractivity contribution in [2.75, 3.05) is 13.2 Å². The number of carbonyl (C=O) groups excluding carboxylic acids is 2. The zero-order valence-corrected chi connectivity index (χ0v) is 49.5. The molecule has 10 aromatic rings. The number of cyclic esters (lactones) is 1. The molecule has 1 N–H and O–H groups in total. The van der Waals surface area contributed by atoms with E-state index in [0.29, 0.717) is 101 Å². The molecule has 1 amide bonds. The molecule has 0 saturated carbocycles. The molecule has 8 heterocycles. The number of rotatable bonds is 24. The fraction of sp³-hybridized carbons (Fsp3) is 0.250. The summed E-state index contributed by atoms with van der Waals surface area (Å²) < 4.78 is 20.0. The number of unbranched alkanes of at least 4 members (excludes halogenated alkanes) is 1. The largest absolute Gasteiger partial charge is 0.494 e. The molecule has 12 rings (SSSR count). The molecule has 0 bridgehead atoms. The van der Waals surface area contributed by atoms with Gasteiger partial charge < -0.3 is 28.8 Å². The normalized spacial score (nSPS) is 14.1. The molecule has 0 aliphatic carbocycles. The summed E-state index contributed by atoms with van der Waals surface area (Å²) in [6.45, 7) is 8.59. The highest BCUT2D eigenvalue weighted by Crippen LogP contribution is 2.41. The number of nitrogens with zero attached hydrogens (tertiary/aromatic N) is 9. The summed E-state index contributed by atoms with van der Waals surface area (Å²) in [5.74, 6) is 0.346. The summed E-state index contributed by atoms with van der Waals surface area (Å²) in [6.07, 6.45) is 8.75. The Morgan fingerprint density at radius 3 is 1.74 bits per heavy atom. The van der Waals surface area contributed by atoms with Crippen LogP contribution in [-0.2, 0) is 80.5 Å². The van der Waals surface area contributed by atoms with E-state index in [1.54, 1.807) is 28.5 Å². The van der Waals surface area contributed by atoms with Crippen molar-refractivity contribution in [2.45, 2.75) is 104 Å². The van der Waals surface area contributed by atoms with Crippen molar-refractivity contribution < 1.29 is 28.9 Å². The molecule has 88 heavy (non-hydrogen) atoms. The predicted octanol–water partition coefficient (Wildman–Crippen LogP) is 12.2. The molecule has 2 aliphatic heterocycles. The maximum atomic E-state index is 14.6. The summed E-state index contributed by atoms with van der Waals surface area (Å²) in [5, 5.41) is 12.3. The van der Waals surface area contributed by atoms with Gasteiger partial charge in [0.15, 0.2) is 5.60 Å². The fourth-order valence-electron chi connectivity index (χ4n) is 12.0. The number of hydrogen-bond donors (Lipinski definition) is 1. The Labute approximate surface area is 511 Å². The number of hydrogen-bond acceptors (Lipinski definition) is 14. The van der Waals surface area contributed by atoms with E-state index in [1.165, 1.54) is 0 Å². The Bertz CT molecular complexity index is 3930. The van der Waals surface area contributed by atoms with Crippen LogP contribution in [-0.4, -0.2) is 74.5 Å². The van der Waals surface area contributed by atoms with Crippen LogP contribution in [0.15, 0.2) is 199 Å². The van der Waals surface area contributed by atoms with Gasteiger partial charge in [0.1, 0.15) is 18.1 Å². The van der Waals surface area contributed by atoms with E-state index in [9.17, 15) is 19.5 Å². The number of fused-ring (bicyclic) bond motifs is 5. The lowest BCUT2D eigenvalue weighted by Crippen LogP contribution is -2.44. The second-order valence-corrected chi connectivity index (χ2v) is 22.5. The number of aryl methyl sites for hydroxylation is 1. The molecule has 4 aromatic carbocycles. The number of benzene rings is 4. The van der Waals surface area contributed by atoms with Gasteiger partial charge in [-0.2, -0.15) is 0 Å². The van der Waals surface area contributed by atoms with Gasteiger partial charge in [0.05, 0.1) is 58.4 Å². The molecule has 0 saturated heterocycles. The second-order valence-electron chi connectivity index (χ2n) is 22.5. The van der Waals surface area contributed by atoms with Crippen LogP contribution in [0.1, 0.15) is 94.8 Å². The van der Waals surface area contributed by atoms with Crippen LogP contribution in [0.2, 0.25) is 0 Å². The molecular weight excluding hydrogens is 1100 g/mol. The topological polar surface area (TPSA) is 178 Å². The lowest BCUT2D eigenvalue weighted by atomic mass is 9.86. The average Bonchev–Trinajstić information content (AvgIpc) is 1.66. The Hall–Kier alpha value is -9.74. The maximum Gasteiger partial charge on any atom is 0.415 e. The molecule has 2 aliphatic rings. The van der Waals surface area contributed by atoms with Crippen molar-refractivity contribution in [3.05, 3.63) is 267 Å². The van der Waals surface area contributed by atoms with Gasteiger partial charge in [0.2, 0.25) is 0 Å². The van der Waals surface area contributed by atoms with Gasteiger partial charge in [-0.15, -0.1) is 0 Å². The van der Waals surface area contributed by atoms with Crippen molar-refractivity contribution in [1.29, 1.82) is 0 Å². The highest BCUT2D eigenvalue weighted by Gasteiger charge is 2.45. The van der Waals surface area contributed by atoms with E-state index in [-0.39, 0.29) is 36.3 Å². The highest BCUT2D eigenvalue weighted by molar-refractivity contribution is 5.90. The number of pyridine rings is 6. The predicted molar refractivity (Wildman–Crippen MR) is 336 cm³/mol. The molecule has 16 heteroatoms. The molecule has 0 unspecified atom stereocenters. The van der Waals surface area contributed by atoms with E-state index in [2.05, 4.69) is 109 Å². The monoisotopic (exact) mass is 1170 g/mol. The molecule has 16 nitrogen and oxygen atoms in total. The first kappa shape index (κ1) is 58.6. The number of aliphatic hydroxyl groups is 1. The number of aromatic nitrogens is 6. The Balaban J connectivity index is 0.789. The second kappa shape index (κ2) is 26.9. The van der Waals surface area contributed by atoms with Crippen LogP contribution in [0.25, 0.3) is 33.4 Å². The quantitative estimate of drug-likeness (QED) is 0.0446. The molecular formula is C72H69N9O7. The van der Waals surface area contributed by atoms with Gasteiger partial charge in [-0.3, -0.25) is 34.5 Å². The minimum Gasteiger partial charge on any atom is -0.494 e. The number of carbonyl (C=O) groups is 2. The average molecular weight is 1170 g/mol. The van der Waals surface area contributed by atoms with Crippen molar-refractivity contribution in [2.24, 2.45) is 0 Å². The summed E-state index contributed by atoms with van der Waals surface area (Å²) in [4.78, 5) is 71.8. The van der Waals surface area contributed by atoms with Crippen LogP contribution < -0.4 is 15.0 Å². The van der Waals surface area contributed by atoms with Crippen LogP contribution in [0.4, 0.5) is 4.79 Å². The maximum absolute atomic E-state index is 14.6. The molecule has 0 radical (unpaired) electrons. The summed E-state index contributed by atoms with van der Waals surface area (Å²) in [6, 6.07) is 56.2. The van der Waals surface area contributed by atoms with Crippen LogP contribution in [0.5, 0.6) is 11.5 Å². The van der Waals surface area contributed by atoms with Gasteiger partial charge >= 0.3 is 12.1 Å².